The van der Waals surface area contributed by atoms with E-state index in [1.807, 2.05) is 6.07 Å². The summed E-state index contributed by atoms with van der Waals surface area (Å²) in [6.45, 7) is 0. The lowest BCUT2D eigenvalue weighted by molar-refractivity contribution is -0.385. The molecule has 0 unspecified atom stereocenters. The maximum absolute atomic E-state index is 12.1. The lowest BCUT2D eigenvalue weighted by atomic mass is 10.1. The number of benzene rings is 1. The molecule has 1 aromatic heterocycles. The molecule has 1 aromatic carbocycles. The van der Waals surface area contributed by atoms with E-state index in [2.05, 4.69) is 15.9 Å². The summed E-state index contributed by atoms with van der Waals surface area (Å²) in [5.74, 6) is -0.391. The molecule has 21 heavy (non-hydrogen) atoms. The van der Waals surface area contributed by atoms with Gasteiger partial charge in [-0.1, -0.05) is 12.1 Å². The van der Waals surface area contributed by atoms with Crippen LogP contribution in [-0.4, -0.2) is 10.7 Å². The van der Waals surface area contributed by atoms with Gasteiger partial charge in [-0.15, -0.1) is 11.3 Å². The summed E-state index contributed by atoms with van der Waals surface area (Å²) in [4.78, 5) is 22.9. The number of allylic oxidation sites excluding steroid dienone is 1. The van der Waals surface area contributed by atoms with E-state index in [4.69, 9.17) is 5.26 Å². The SMILES string of the molecule is N#C/C(=C\c1ccc(Br)c([N+](=O)[O-])c1)C(=O)c1cccs1. The first-order valence-corrected chi connectivity index (χ1v) is 7.34. The molecule has 0 fully saturated rings. The number of carbonyl (C=O) groups excluding carboxylic acids is 1. The average Bonchev–Trinajstić information content (AvgIpc) is 2.99. The Hall–Kier alpha value is -2.30. The van der Waals surface area contributed by atoms with Gasteiger partial charge in [0.1, 0.15) is 11.6 Å². The van der Waals surface area contributed by atoms with Crippen LogP contribution < -0.4 is 0 Å². The molecule has 104 valence electrons. The molecule has 0 aliphatic carbocycles. The first-order valence-electron chi connectivity index (χ1n) is 5.67. The highest BCUT2D eigenvalue weighted by Crippen LogP contribution is 2.27. The standard InChI is InChI=1S/C14H7BrN2O3S/c15-11-4-3-9(7-12(11)17(19)20)6-10(8-16)14(18)13-2-1-5-21-13/h1-7H/b10-6+. The number of carbonyl (C=O) groups is 1. The van der Waals surface area contributed by atoms with Crippen molar-refractivity contribution in [3.63, 3.8) is 0 Å². The Morgan fingerprint density at radius 2 is 2.19 bits per heavy atom. The Labute approximate surface area is 132 Å². The van der Waals surface area contributed by atoms with Crippen molar-refractivity contribution in [3.05, 3.63) is 66.3 Å². The Bertz CT molecular complexity index is 776. The van der Waals surface area contributed by atoms with Gasteiger partial charge < -0.3 is 0 Å². The molecule has 0 amide bonds. The van der Waals surface area contributed by atoms with Gasteiger partial charge in [-0.05, 0) is 45.1 Å². The number of halogens is 1. The number of hydrogen-bond donors (Lipinski definition) is 0. The van der Waals surface area contributed by atoms with E-state index in [9.17, 15) is 14.9 Å². The van der Waals surface area contributed by atoms with E-state index in [0.29, 0.717) is 14.9 Å². The highest BCUT2D eigenvalue weighted by atomic mass is 79.9. The van der Waals surface area contributed by atoms with Gasteiger partial charge >= 0.3 is 0 Å². The third-order valence-corrected chi connectivity index (χ3v) is 4.13. The number of nitro groups is 1. The Morgan fingerprint density at radius 1 is 1.43 bits per heavy atom. The van der Waals surface area contributed by atoms with Crippen LogP contribution in [-0.2, 0) is 0 Å². The van der Waals surface area contributed by atoms with Crippen molar-refractivity contribution < 1.29 is 9.72 Å². The Morgan fingerprint density at radius 3 is 2.76 bits per heavy atom. The predicted octanol–water partition coefficient (Wildman–Crippen LogP) is 4.21. The van der Waals surface area contributed by atoms with Gasteiger partial charge in [0.15, 0.2) is 0 Å². The molecule has 7 heteroatoms. The zero-order valence-corrected chi connectivity index (χ0v) is 12.8. The molecule has 2 rings (SSSR count). The first-order chi connectivity index (χ1) is 10.0. The maximum Gasteiger partial charge on any atom is 0.284 e. The van der Waals surface area contributed by atoms with E-state index in [1.165, 1.54) is 29.5 Å². The molecule has 2 aromatic rings. The number of nitrogens with zero attached hydrogens (tertiary/aromatic N) is 2. The van der Waals surface area contributed by atoms with Crippen molar-refractivity contribution in [2.24, 2.45) is 0 Å². The average molecular weight is 363 g/mol. The molecule has 0 saturated heterocycles. The lowest BCUT2D eigenvalue weighted by Gasteiger charge is -1.99. The highest BCUT2D eigenvalue weighted by Gasteiger charge is 2.15. The van der Waals surface area contributed by atoms with Crippen molar-refractivity contribution in [1.82, 2.24) is 0 Å². The van der Waals surface area contributed by atoms with Gasteiger partial charge in [-0.25, -0.2) is 0 Å². The molecule has 0 aliphatic rings. The van der Waals surface area contributed by atoms with Crippen molar-refractivity contribution in [2.45, 2.75) is 0 Å². The van der Waals surface area contributed by atoms with Crippen molar-refractivity contribution >= 4 is 44.8 Å². The largest absolute Gasteiger partial charge is 0.287 e. The second kappa shape index (κ2) is 6.43. The van der Waals surface area contributed by atoms with E-state index in [-0.39, 0.29) is 11.3 Å². The fraction of sp³-hybridized carbons (Fsp3) is 0. The topological polar surface area (TPSA) is 84.0 Å². The maximum atomic E-state index is 12.1. The third kappa shape index (κ3) is 3.42. The lowest BCUT2D eigenvalue weighted by Crippen LogP contribution is -1.99. The Kier molecular flexibility index (Phi) is 4.62. The first kappa shape index (κ1) is 15.1. The fourth-order valence-corrected chi connectivity index (χ4v) is 2.68. The smallest absolute Gasteiger partial charge is 0.284 e. The van der Waals surface area contributed by atoms with Crippen molar-refractivity contribution in [1.29, 1.82) is 5.26 Å². The van der Waals surface area contributed by atoms with Gasteiger partial charge in [-0.3, -0.25) is 14.9 Å². The Balaban J connectivity index is 2.42. The molecular weight excluding hydrogens is 356 g/mol. The van der Waals surface area contributed by atoms with Gasteiger partial charge in [-0.2, -0.15) is 5.26 Å². The number of thiophene rings is 1. The number of nitro benzene ring substituents is 1. The number of rotatable bonds is 4. The number of Topliss-reactive ketones (excluding diaryl/α,β-unsaturated/α-hetero) is 1. The molecule has 0 radical (unpaired) electrons. The third-order valence-electron chi connectivity index (χ3n) is 2.59. The van der Waals surface area contributed by atoms with Crippen LogP contribution >= 0.6 is 27.3 Å². The zero-order chi connectivity index (χ0) is 15.4. The second-order valence-corrected chi connectivity index (χ2v) is 5.75. The summed E-state index contributed by atoms with van der Waals surface area (Å²) < 4.78 is 0.341. The van der Waals surface area contributed by atoms with Crippen molar-refractivity contribution in [3.8, 4) is 6.07 Å². The number of hydrogen-bond acceptors (Lipinski definition) is 5. The molecule has 0 N–H and O–H groups in total. The van der Waals surface area contributed by atoms with Crippen LogP contribution in [0.3, 0.4) is 0 Å². The molecular formula is C14H7BrN2O3S. The number of ketones is 1. The van der Waals surface area contributed by atoms with Crippen LogP contribution in [0.2, 0.25) is 0 Å². The van der Waals surface area contributed by atoms with Crippen LogP contribution in [0.1, 0.15) is 15.2 Å². The summed E-state index contributed by atoms with van der Waals surface area (Å²) in [5, 5.41) is 21.7. The van der Waals surface area contributed by atoms with E-state index >= 15 is 0 Å². The molecule has 0 saturated carbocycles. The second-order valence-electron chi connectivity index (χ2n) is 3.94. The molecule has 1 heterocycles. The monoisotopic (exact) mass is 362 g/mol. The van der Waals surface area contributed by atoms with Gasteiger partial charge in [0, 0.05) is 6.07 Å². The van der Waals surface area contributed by atoms with Crippen LogP contribution in [0.4, 0.5) is 5.69 Å². The summed E-state index contributed by atoms with van der Waals surface area (Å²) in [5.41, 5.74) is 0.241. The highest BCUT2D eigenvalue weighted by molar-refractivity contribution is 9.10. The zero-order valence-electron chi connectivity index (χ0n) is 10.4. The van der Waals surface area contributed by atoms with E-state index in [1.54, 1.807) is 23.6 Å². The van der Waals surface area contributed by atoms with Crippen LogP contribution in [0.5, 0.6) is 0 Å². The van der Waals surface area contributed by atoms with Crippen molar-refractivity contribution in [2.75, 3.05) is 0 Å². The molecule has 5 nitrogen and oxygen atoms in total. The van der Waals surface area contributed by atoms with E-state index in [0.717, 1.165) is 0 Å². The fourth-order valence-electron chi connectivity index (χ4n) is 1.62. The van der Waals surface area contributed by atoms with Crippen LogP contribution in [0.15, 0.2) is 45.8 Å². The normalized spacial score (nSPS) is 11.0. The minimum atomic E-state index is -0.533. The number of nitriles is 1. The van der Waals surface area contributed by atoms with Crippen LogP contribution in [0, 0.1) is 21.4 Å². The van der Waals surface area contributed by atoms with Gasteiger partial charge in [0.05, 0.1) is 14.3 Å². The molecule has 0 aliphatic heterocycles. The summed E-state index contributed by atoms with van der Waals surface area (Å²) in [6, 6.07) is 9.60. The summed E-state index contributed by atoms with van der Waals surface area (Å²) in [6.07, 6.45) is 1.35. The summed E-state index contributed by atoms with van der Waals surface area (Å²) in [7, 11) is 0. The minimum Gasteiger partial charge on any atom is -0.287 e. The molecule has 0 bridgehead atoms. The van der Waals surface area contributed by atoms with Gasteiger partial charge in [0.25, 0.3) is 5.69 Å². The minimum absolute atomic E-state index is 0.0610. The van der Waals surface area contributed by atoms with Gasteiger partial charge in [0.2, 0.25) is 5.78 Å². The summed E-state index contributed by atoms with van der Waals surface area (Å²) >= 11 is 4.32. The molecule has 0 atom stereocenters. The quantitative estimate of drug-likeness (QED) is 0.268. The van der Waals surface area contributed by atoms with Crippen LogP contribution in [0.25, 0.3) is 6.08 Å². The molecule has 0 spiro atoms. The predicted molar refractivity (Wildman–Crippen MR) is 83.0 cm³/mol. The van der Waals surface area contributed by atoms with E-state index < -0.39 is 10.7 Å².